The van der Waals surface area contributed by atoms with Gasteiger partial charge in [0.1, 0.15) is 17.0 Å². The summed E-state index contributed by atoms with van der Waals surface area (Å²) in [5.74, 6) is 0.910. The van der Waals surface area contributed by atoms with Crippen molar-refractivity contribution in [3.8, 4) is 0 Å². The van der Waals surface area contributed by atoms with Gasteiger partial charge in [-0.1, -0.05) is 0 Å². The number of nitrogens with one attached hydrogen (secondary N) is 1. The molecule has 0 amide bonds. The van der Waals surface area contributed by atoms with Gasteiger partial charge in [0.25, 0.3) is 0 Å². The van der Waals surface area contributed by atoms with E-state index in [0.29, 0.717) is 0 Å². The lowest BCUT2D eigenvalue weighted by Crippen LogP contribution is -2.06. The van der Waals surface area contributed by atoms with Gasteiger partial charge in [-0.25, -0.2) is 15.0 Å². The molecular formula is C11H10N4S2. The number of nitrogens with zero attached hydrogens (tertiary/aromatic N) is 3. The van der Waals surface area contributed by atoms with Crippen molar-refractivity contribution >= 4 is 38.7 Å². The van der Waals surface area contributed by atoms with Crippen LogP contribution in [0.3, 0.4) is 0 Å². The minimum absolute atomic E-state index is 0.843. The minimum atomic E-state index is 0.843. The number of aromatic nitrogens is 3. The maximum Gasteiger partial charge on any atom is 0.138 e. The van der Waals surface area contributed by atoms with E-state index in [1.165, 1.54) is 0 Å². The molecule has 0 radical (unpaired) electrons. The molecule has 0 saturated heterocycles. The van der Waals surface area contributed by atoms with Crippen LogP contribution in [-0.4, -0.2) is 21.5 Å². The fraction of sp³-hybridized carbons (Fsp3) is 0.182. The highest BCUT2D eigenvalue weighted by atomic mass is 32.1. The van der Waals surface area contributed by atoms with Crippen LogP contribution in [0.25, 0.3) is 10.2 Å². The summed E-state index contributed by atoms with van der Waals surface area (Å²) < 4.78 is 0. The third-order valence-corrected chi connectivity index (χ3v) is 4.04. The Morgan fingerprint density at radius 2 is 2.12 bits per heavy atom. The Hall–Kier alpha value is -1.53. The van der Waals surface area contributed by atoms with Gasteiger partial charge in [-0.15, -0.1) is 22.7 Å². The summed E-state index contributed by atoms with van der Waals surface area (Å²) in [6, 6.07) is 2.05. The highest BCUT2D eigenvalue weighted by Gasteiger charge is 2.04. The van der Waals surface area contributed by atoms with Crippen molar-refractivity contribution in [2.75, 3.05) is 11.9 Å². The van der Waals surface area contributed by atoms with Gasteiger partial charge in [-0.2, -0.15) is 0 Å². The number of hydrogen-bond acceptors (Lipinski definition) is 6. The molecule has 3 aromatic heterocycles. The van der Waals surface area contributed by atoms with Crippen molar-refractivity contribution in [3.05, 3.63) is 34.4 Å². The van der Waals surface area contributed by atoms with Crippen molar-refractivity contribution in [2.45, 2.75) is 6.42 Å². The molecule has 0 bridgehead atoms. The van der Waals surface area contributed by atoms with Crippen molar-refractivity contribution in [1.29, 1.82) is 0 Å². The lowest BCUT2D eigenvalue weighted by molar-refractivity contribution is 0.988. The van der Waals surface area contributed by atoms with E-state index in [4.69, 9.17) is 0 Å². The number of rotatable bonds is 4. The summed E-state index contributed by atoms with van der Waals surface area (Å²) in [5.41, 5.74) is 0. The third kappa shape index (κ3) is 2.27. The number of thiazole rings is 1. The van der Waals surface area contributed by atoms with E-state index in [0.717, 1.165) is 34.0 Å². The smallest absolute Gasteiger partial charge is 0.138 e. The zero-order valence-corrected chi connectivity index (χ0v) is 10.6. The summed E-state index contributed by atoms with van der Waals surface area (Å²) in [7, 11) is 0. The van der Waals surface area contributed by atoms with Crippen LogP contribution in [-0.2, 0) is 6.42 Å². The van der Waals surface area contributed by atoms with Crippen molar-refractivity contribution in [3.63, 3.8) is 0 Å². The molecule has 0 spiro atoms. The van der Waals surface area contributed by atoms with Crippen LogP contribution in [0, 0.1) is 0 Å². The van der Waals surface area contributed by atoms with E-state index in [9.17, 15) is 0 Å². The fourth-order valence-corrected chi connectivity index (χ4v) is 2.95. The Morgan fingerprint density at radius 1 is 1.12 bits per heavy atom. The molecule has 1 N–H and O–H groups in total. The summed E-state index contributed by atoms with van der Waals surface area (Å²) in [6.45, 7) is 0.843. The van der Waals surface area contributed by atoms with Crippen LogP contribution in [0.1, 0.15) is 5.01 Å². The number of thiophene rings is 1. The largest absolute Gasteiger partial charge is 0.369 e. The molecule has 0 fully saturated rings. The highest BCUT2D eigenvalue weighted by molar-refractivity contribution is 7.16. The number of fused-ring (bicyclic) bond motifs is 1. The van der Waals surface area contributed by atoms with E-state index in [1.54, 1.807) is 29.0 Å². The van der Waals surface area contributed by atoms with Crippen LogP contribution < -0.4 is 5.32 Å². The van der Waals surface area contributed by atoms with Gasteiger partial charge in [0.05, 0.1) is 10.4 Å². The van der Waals surface area contributed by atoms with Crippen molar-refractivity contribution < 1.29 is 0 Å². The lowest BCUT2D eigenvalue weighted by Gasteiger charge is -2.04. The maximum atomic E-state index is 4.27. The quantitative estimate of drug-likeness (QED) is 0.785. The van der Waals surface area contributed by atoms with E-state index in [1.807, 2.05) is 23.0 Å². The first-order valence-corrected chi connectivity index (χ1v) is 7.00. The first-order chi connectivity index (χ1) is 8.43. The zero-order chi connectivity index (χ0) is 11.5. The Bertz CT molecular complexity index is 603. The molecule has 0 aliphatic carbocycles. The Labute approximate surface area is 106 Å². The van der Waals surface area contributed by atoms with E-state index < -0.39 is 0 Å². The van der Waals surface area contributed by atoms with Crippen molar-refractivity contribution in [2.24, 2.45) is 0 Å². The predicted molar refractivity (Wildman–Crippen MR) is 71.7 cm³/mol. The fourth-order valence-electron chi connectivity index (χ4n) is 1.60. The van der Waals surface area contributed by atoms with Gasteiger partial charge < -0.3 is 5.32 Å². The van der Waals surface area contributed by atoms with Gasteiger partial charge in [-0.05, 0) is 11.4 Å². The zero-order valence-electron chi connectivity index (χ0n) is 8.96. The van der Waals surface area contributed by atoms with Crippen LogP contribution >= 0.6 is 22.7 Å². The Morgan fingerprint density at radius 3 is 3.00 bits per heavy atom. The average Bonchev–Trinajstić information content (AvgIpc) is 2.99. The first-order valence-electron chi connectivity index (χ1n) is 5.24. The molecule has 3 aromatic rings. The molecule has 0 aliphatic heterocycles. The summed E-state index contributed by atoms with van der Waals surface area (Å²) >= 11 is 3.31. The van der Waals surface area contributed by atoms with Crippen molar-refractivity contribution in [1.82, 2.24) is 15.0 Å². The van der Waals surface area contributed by atoms with Gasteiger partial charge in [0.15, 0.2) is 0 Å². The SMILES string of the molecule is c1csc(CCNc2ncnc3sccc23)n1. The molecule has 4 nitrogen and oxygen atoms in total. The molecular weight excluding hydrogens is 252 g/mol. The second kappa shape index (κ2) is 4.77. The molecule has 0 atom stereocenters. The monoisotopic (exact) mass is 262 g/mol. The summed E-state index contributed by atoms with van der Waals surface area (Å²) in [5, 5.41) is 9.60. The molecule has 86 valence electrons. The molecule has 0 aromatic carbocycles. The molecule has 3 rings (SSSR count). The van der Waals surface area contributed by atoms with E-state index in [2.05, 4.69) is 20.3 Å². The van der Waals surface area contributed by atoms with Gasteiger partial charge in [0.2, 0.25) is 0 Å². The summed E-state index contributed by atoms with van der Waals surface area (Å²) in [4.78, 5) is 13.8. The predicted octanol–water partition coefficient (Wildman–Crippen LogP) is 2.80. The van der Waals surface area contributed by atoms with Crippen LogP contribution in [0.2, 0.25) is 0 Å². The van der Waals surface area contributed by atoms with E-state index in [-0.39, 0.29) is 0 Å². The lowest BCUT2D eigenvalue weighted by atomic mass is 10.3. The molecule has 0 unspecified atom stereocenters. The number of anilines is 1. The van der Waals surface area contributed by atoms with Gasteiger partial charge in [-0.3, -0.25) is 0 Å². The number of hydrogen-bond donors (Lipinski definition) is 1. The topological polar surface area (TPSA) is 50.7 Å². The molecule has 0 aliphatic rings. The molecule has 0 saturated carbocycles. The second-order valence-corrected chi connectivity index (χ2v) is 5.34. The second-order valence-electron chi connectivity index (χ2n) is 3.46. The standard InChI is InChI=1S/C11H10N4S2/c1(9-12-4-6-16-9)3-13-10-8-2-5-17-11(8)15-7-14-10/h2,4-7H,1,3H2,(H,13,14,15). The van der Waals surface area contributed by atoms with Crippen LogP contribution in [0.5, 0.6) is 0 Å². The summed E-state index contributed by atoms with van der Waals surface area (Å²) in [6.07, 6.45) is 4.36. The third-order valence-electron chi connectivity index (χ3n) is 2.38. The van der Waals surface area contributed by atoms with Crippen LogP contribution in [0.4, 0.5) is 5.82 Å². The molecule has 3 heterocycles. The van der Waals surface area contributed by atoms with Gasteiger partial charge in [0, 0.05) is 24.5 Å². The maximum absolute atomic E-state index is 4.27. The first kappa shape index (κ1) is 10.6. The molecule has 6 heteroatoms. The van der Waals surface area contributed by atoms with Gasteiger partial charge >= 0.3 is 0 Å². The minimum Gasteiger partial charge on any atom is -0.369 e. The van der Waals surface area contributed by atoms with E-state index >= 15 is 0 Å². The molecule has 17 heavy (non-hydrogen) atoms. The average molecular weight is 262 g/mol. The highest BCUT2D eigenvalue weighted by Crippen LogP contribution is 2.23. The Kier molecular flexibility index (Phi) is 2.98. The normalized spacial score (nSPS) is 10.8. The van der Waals surface area contributed by atoms with Crippen LogP contribution in [0.15, 0.2) is 29.4 Å². The Balaban J connectivity index is 1.70.